The third-order valence-corrected chi connectivity index (χ3v) is 3.20. The minimum atomic E-state index is 0.476. The van der Waals surface area contributed by atoms with Crippen LogP contribution in [0.1, 0.15) is 31.9 Å². The van der Waals surface area contributed by atoms with Crippen molar-refractivity contribution in [2.45, 2.75) is 33.4 Å². The van der Waals surface area contributed by atoms with Crippen LogP contribution in [-0.2, 0) is 6.54 Å². The van der Waals surface area contributed by atoms with E-state index in [-0.39, 0.29) is 0 Å². The Morgan fingerprint density at radius 1 is 1.53 bits per heavy atom. The van der Waals surface area contributed by atoms with Gasteiger partial charge in [-0.3, -0.25) is 0 Å². The molecule has 1 aliphatic rings. The molecule has 0 bridgehead atoms. The molecule has 1 aliphatic heterocycles. The van der Waals surface area contributed by atoms with Gasteiger partial charge in [0.25, 0.3) is 0 Å². The summed E-state index contributed by atoms with van der Waals surface area (Å²) in [4.78, 5) is 6.95. The number of fused-ring (bicyclic) bond motifs is 1. The van der Waals surface area contributed by atoms with E-state index in [0.717, 1.165) is 31.0 Å². The highest BCUT2D eigenvalue weighted by molar-refractivity contribution is 5.68. The van der Waals surface area contributed by atoms with E-state index in [1.165, 1.54) is 11.1 Å². The van der Waals surface area contributed by atoms with E-state index in [0.29, 0.717) is 6.04 Å². The van der Waals surface area contributed by atoms with Crippen LogP contribution in [0.2, 0.25) is 0 Å². The molecule has 3 nitrogen and oxygen atoms in total. The molecule has 0 radical (unpaired) electrons. The fourth-order valence-corrected chi connectivity index (χ4v) is 2.23. The minimum Gasteiger partial charge on any atom is -0.350 e. The summed E-state index contributed by atoms with van der Waals surface area (Å²) < 4.78 is 0. The molecule has 1 aromatic heterocycles. The van der Waals surface area contributed by atoms with Gasteiger partial charge >= 0.3 is 0 Å². The van der Waals surface area contributed by atoms with Gasteiger partial charge in [0.1, 0.15) is 5.82 Å². The van der Waals surface area contributed by atoms with Crippen molar-refractivity contribution in [1.82, 2.24) is 10.3 Å². The maximum atomic E-state index is 4.63. The first-order chi connectivity index (χ1) is 9.08. The molecule has 0 aromatic carbocycles. The SMILES string of the molecule is C=C(C)CNCc1cnc2c(c1)C=CCN2C(C)C. The molecule has 0 fully saturated rings. The van der Waals surface area contributed by atoms with E-state index in [1.807, 2.05) is 13.1 Å². The third-order valence-electron chi connectivity index (χ3n) is 3.20. The van der Waals surface area contributed by atoms with Crippen LogP contribution in [-0.4, -0.2) is 24.1 Å². The van der Waals surface area contributed by atoms with Gasteiger partial charge in [-0.2, -0.15) is 0 Å². The summed E-state index contributed by atoms with van der Waals surface area (Å²) in [5.41, 5.74) is 3.58. The maximum Gasteiger partial charge on any atom is 0.136 e. The highest BCUT2D eigenvalue weighted by Crippen LogP contribution is 2.25. The predicted molar refractivity (Wildman–Crippen MR) is 82.3 cm³/mol. The average molecular weight is 257 g/mol. The first-order valence-electron chi connectivity index (χ1n) is 6.85. The topological polar surface area (TPSA) is 28.2 Å². The first kappa shape index (κ1) is 13.8. The quantitative estimate of drug-likeness (QED) is 0.822. The summed E-state index contributed by atoms with van der Waals surface area (Å²) >= 11 is 0. The Labute approximate surface area is 116 Å². The molecule has 1 N–H and O–H groups in total. The molecule has 2 rings (SSSR count). The van der Waals surface area contributed by atoms with E-state index in [4.69, 9.17) is 0 Å². The number of nitrogens with zero attached hydrogens (tertiary/aromatic N) is 2. The number of nitrogens with one attached hydrogen (secondary N) is 1. The van der Waals surface area contributed by atoms with Gasteiger partial charge in [-0.15, -0.1) is 0 Å². The van der Waals surface area contributed by atoms with Crippen LogP contribution in [0, 0.1) is 0 Å². The van der Waals surface area contributed by atoms with Gasteiger partial charge in [0.15, 0.2) is 0 Å². The van der Waals surface area contributed by atoms with Crippen molar-refractivity contribution in [2.24, 2.45) is 0 Å². The van der Waals surface area contributed by atoms with Crippen molar-refractivity contribution < 1.29 is 0 Å². The molecule has 0 saturated heterocycles. The Balaban J connectivity index is 2.11. The molecular weight excluding hydrogens is 234 g/mol. The smallest absolute Gasteiger partial charge is 0.136 e. The second-order valence-electron chi connectivity index (χ2n) is 5.47. The molecule has 0 aliphatic carbocycles. The van der Waals surface area contributed by atoms with E-state index >= 15 is 0 Å². The van der Waals surface area contributed by atoms with Gasteiger partial charge in [0.05, 0.1) is 0 Å². The second kappa shape index (κ2) is 6.02. The standard InChI is InChI=1S/C16H23N3/c1-12(2)9-17-10-14-8-15-6-5-7-19(13(3)4)16(15)18-11-14/h5-6,8,11,13,17H,1,7,9-10H2,2-4H3. The van der Waals surface area contributed by atoms with Crippen LogP contribution in [0.25, 0.3) is 6.08 Å². The number of rotatable bonds is 5. The van der Waals surface area contributed by atoms with Crippen molar-refractivity contribution in [3.63, 3.8) is 0 Å². The zero-order valence-corrected chi connectivity index (χ0v) is 12.1. The molecule has 0 amide bonds. The fraction of sp³-hybridized carbons (Fsp3) is 0.438. The lowest BCUT2D eigenvalue weighted by Gasteiger charge is -2.30. The number of hydrogen-bond acceptors (Lipinski definition) is 3. The Kier molecular flexibility index (Phi) is 4.38. The van der Waals surface area contributed by atoms with Crippen LogP contribution < -0.4 is 10.2 Å². The predicted octanol–water partition coefficient (Wildman–Crippen LogP) is 2.99. The van der Waals surface area contributed by atoms with Gasteiger partial charge in [-0.25, -0.2) is 4.98 Å². The summed E-state index contributed by atoms with van der Waals surface area (Å²) in [7, 11) is 0. The Bertz CT molecular complexity index is 489. The highest BCUT2D eigenvalue weighted by atomic mass is 15.2. The van der Waals surface area contributed by atoms with Gasteiger partial charge in [-0.1, -0.05) is 24.3 Å². The Hall–Kier alpha value is -1.61. The second-order valence-corrected chi connectivity index (χ2v) is 5.47. The summed E-state index contributed by atoms with van der Waals surface area (Å²) in [5.74, 6) is 1.10. The maximum absolute atomic E-state index is 4.63. The van der Waals surface area contributed by atoms with Crippen LogP contribution in [0.3, 0.4) is 0 Å². The van der Waals surface area contributed by atoms with Gasteiger partial charge in [0.2, 0.25) is 0 Å². The van der Waals surface area contributed by atoms with Gasteiger partial charge in [0, 0.05) is 37.4 Å². The van der Waals surface area contributed by atoms with Gasteiger partial charge < -0.3 is 10.2 Å². The molecule has 0 spiro atoms. The number of pyridine rings is 1. The normalized spacial score (nSPS) is 13.8. The van der Waals surface area contributed by atoms with E-state index in [1.54, 1.807) is 0 Å². The number of hydrogen-bond donors (Lipinski definition) is 1. The van der Waals surface area contributed by atoms with Crippen molar-refractivity contribution >= 4 is 11.9 Å². The van der Waals surface area contributed by atoms with Crippen molar-refractivity contribution in [2.75, 3.05) is 18.0 Å². The van der Waals surface area contributed by atoms with Crippen LogP contribution in [0.4, 0.5) is 5.82 Å². The largest absolute Gasteiger partial charge is 0.350 e. The summed E-state index contributed by atoms with van der Waals surface area (Å²) in [6.07, 6.45) is 6.34. The van der Waals surface area contributed by atoms with Crippen molar-refractivity contribution in [3.8, 4) is 0 Å². The highest BCUT2D eigenvalue weighted by Gasteiger charge is 2.17. The average Bonchev–Trinajstić information content (AvgIpc) is 2.37. The van der Waals surface area contributed by atoms with Crippen molar-refractivity contribution in [1.29, 1.82) is 0 Å². The summed E-state index contributed by atoms with van der Waals surface area (Å²) in [6.45, 7) is 13.0. The molecule has 0 saturated carbocycles. The lowest BCUT2D eigenvalue weighted by Crippen LogP contribution is -2.33. The molecule has 3 heteroatoms. The number of aromatic nitrogens is 1. The zero-order valence-electron chi connectivity index (χ0n) is 12.1. The molecule has 0 unspecified atom stereocenters. The van der Waals surface area contributed by atoms with Crippen LogP contribution >= 0.6 is 0 Å². The third kappa shape index (κ3) is 3.44. The van der Waals surface area contributed by atoms with E-state index < -0.39 is 0 Å². The van der Waals surface area contributed by atoms with Gasteiger partial charge in [-0.05, 0) is 32.4 Å². The van der Waals surface area contributed by atoms with E-state index in [9.17, 15) is 0 Å². The summed E-state index contributed by atoms with van der Waals surface area (Å²) in [6, 6.07) is 2.70. The zero-order chi connectivity index (χ0) is 13.8. The van der Waals surface area contributed by atoms with Crippen molar-refractivity contribution in [3.05, 3.63) is 41.6 Å². The minimum absolute atomic E-state index is 0.476. The summed E-state index contributed by atoms with van der Waals surface area (Å²) in [5, 5.41) is 3.36. The van der Waals surface area contributed by atoms with Crippen LogP contribution in [0.15, 0.2) is 30.5 Å². The molecule has 1 aromatic rings. The number of anilines is 1. The van der Waals surface area contributed by atoms with E-state index in [2.05, 4.69) is 53.8 Å². The molecule has 19 heavy (non-hydrogen) atoms. The molecular formula is C16H23N3. The Morgan fingerprint density at radius 3 is 3.00 bits per heavy atom. The molecule has 102 valence electrons. The molecule has 0 atom stereocenters. The molecule has 2 heterocycles. The lowest BCUT2D eigenvalue weighted by molar-refractivity contribution is 0.703. The first-order valence-corrected chi connectivity index (χ1v) is 6.85. The monoisotopic (exact) mass is 257 g/mol. The van der Waals surface area contributed by atoms with Crippen LogP contribution in [0.5, 0.6) is 0 Å². The Morgan fingerprint density at radius 2 is 2.32 bits per heavy atom. The lowest BCUT2D eigenvalue weighted by atomic mass is 10.1. The fourth-order valence-electron chi connectivity index (χ4n) is 2.23.